The second-order valence-corrected chi connectivity index (χ2v) is 16.5. The van der Waals surface area contributed by atoms with Gasteiger partial charge in [0.05, 0.1) is 12.3 Å². The lowest BCUT2D eigenvalue weighted by Crippen LogP contribution is -2.66. The molecule has 2 atom stereocenters. The summed E-state index contributed by atoms with van der Waals surface area (Å²) >= 11 is 0. The van der Waals surface area contributed by atoms with Crippen LogP contribution >= 0.6 is 0 Å². The fourth-order valence-corrected chi connectivity index (χ4v) is 9.92. The van der Waals surface area contributed by atoms with Crippen LogP contribution in [0.5, 0.6) is 0 Å². The van der Waals surface area contributed by atoms with Crippen LogP contribution in [-0.4, -0.2) is 38.6 Å². The Hall–Kier alpha value is -2.83. The number of furan rings is 1. The van der Waals surface area contributed by atoms with Crippen LogP contribution in [-0.2, 0) is 9.16 Å². The molecule has 0 aliphatic carbocycles. The van der Waals surface area contributed by atoms with Crippen LogP contribution in [0.1, 0.15) is 73.1 Å². The predicted molar refractivity (Wildman–Crippen MR) is 157 cm³/mol. The van der Waals surface area contributed by atoms with E-state index in [4.69, 9.17) is 13.6 Å². The average Bonchev–Trinajstić information content (AvgIpc) is 3.38. The Morgan fingerprint density at radius 1 is 0.895 bits per heavy atom. The SMILES string of the molecule is CC(CCCO[Si](c1ccccc1)(c1ccccc1)C(C)(C)C)[C@@H](c1ccco1)N(C)C(=O)OC(C)(C)C. The van der Waals surface area contributed by atoms with E-state index in [1.807, 2.05) is 32.9 Å². The highest BCUT2D eigenvalue weighted by Gasteiger charge is 2.50. The summed E-state index contributed by atoms with van der Waals surface area (Å²) in [6.45, 7) is 15.3. The van der Waals surface area contributed by atoms with Crippen LogP contribution in [0.25, 0.3) is 0 Å². The first-order valence-electron chi connectivity index (χ1n) is 13.6. The van der Waals surface area contributed by atoms with Gasteiger partial charge in [0.2, 0.25) is 0 Å². The summed E-state index contributed by atoms with van der Waals surface area (Å²) in [5.41, 5.74) is -0.564. The van der Waals surface area contributed by atoms with Crippen LogP contribution in [0.2, 0.25) is 5.04 Å². The number of hydrogen-bond donors (Lipinski definition) is 0. The highest BCUT2D eigenvalue weighted by atomic mass is 28.4. The van der Waals surface area contributed by atoms with Crippen molar-refractivity contribution in [3.8, 4) is 0 Å². The van der Waals surface area contributed by atoms with E-state index < -0.39 is 13.9 Å². The van der Waals surface area contributed by atoms with E-state index in [0.717, 1.165) is 18.6 Å². The van der Waals surface area contributed by atoms with Crippen LogP contribution in [0.3, 0.4) is 0 Å². The van der Waals surface area contributed by atoms with Crippen molar-refractivity contribution in [2.75, 3.05) is 13.7 Å². The van der Waals surface area contributed by atoms with Gasteiger partial charge in [-0.25, -0.2) is 4.79 Å². The van der Waals surface area contributed by atoms with Gasteiger partial charge in [0.25, 0.3) is 8.32 Å². The molecule has 1 aromatic heterocycles. The van der Waals surface area contributed by atoms with Crippen molar-refractivity contribution < 1.29 is 18.4 Å². The lowest BCUT2D eigenvalue weighted by molar-refractivity contribution is 0.0134. The summed E-state index contributed by atoms with van der Waals surface area (Å²) in [6, 6.07) is 25.0. The van der Waals surface area contributed by atoms with Gasteiger partial charge in [-0.2, -0.15) is 0 Å². The molecule has 1 amide bonds. The van der Waals surface area contributed by atoms with Gasteiger partial charge in [0, 0.05) is 13.7 Å². The molecule has 206 valence electrons. The Balaban J connectivity index is 1.79. The zero-order chi connectivity index (χ0) is 28.0. The molecule has 0 N–H and O–H groups in total. The highest BCUT2D eigenvalue weighted by molar-refractivity contribution is 6.99. The maximum atomic E-state index is 12.9. The molecule has 0 aliphatic heterocycles. The predicted octanol–water partition coefficient (Wildman–Crippen LogP) is 7.18. The monoisotopic (exact) mass is 535 g/mol. The maximum absolute atomic E-state index is 12.9. The molecule has 1 heterocycles. The summed E-state index contributed by atoms with van der Waals surface area (Å²) in [6.07, 6.45) is 3.04. The third-order valence-electron chi connectivity index (χ3n) is 7.01. The molecule has 3 aromatic rings. The largest absolute Gasteiger partial charge is 0.467 e. The van der Waals surface area contributed by atoms with Crippen LogP contribution in [0.4, 0.5) is 4.79 Å². The van der Waals surface area contributed by atoms with Crippen molar-refractivity contribution in [1.29, 1.82) is 0 Å². The molecule has 38 heavy (non-hydrogen) atoms. The zero-order valence-electron chi connectivity index (χ0n) is 24.4. The Morgan fingerprint density at radius 3 is 1.89 bits per heavy atom. The number of nitrogens with zero attached hydrogens (tertiary/aromatic N) is 1. The van der Waals surface area contributed by atoms with Crippen molar-refractivity contribution in [3.63, 3.8) is 0 Å². The Morgan fingerprint density at radius 2 is 1.45 bits per heavy atom. The molecule has 0 aliphatic rings. The standard InChI is InChI=1S/C32H45NO4Si/c1-25(29(28-22-16-23-35-28)33(8)30(34)37-31(2,3)4)17-15-24-36-38(32(5,6)7,26-18-11-9-12-19-26)27-20-13-10-14-21-27/h9-14,16,18-23,25,29H,15,17,24H2,1-8H3/t25?,29-/m0/s1. The van der Waals surface area contributed by atoms with Crippen molar-refractivity contribution in [2.45, 2.75) is 78.0 Å². The minimum atomic E-state index is -2.57. The quantitative estimate of drug-likeness (QED) is 0.204. The zero-order valence-corrected chi connectivity index (χ0v) is 25.4. The second-order valence-electron chi connectivity index (χ2n) is 12.2. The third-order valence-corrected chi connectivity index (χ3v) is 12.1. The first-order valence-corrected chi connectivity index (χ1v) is 15.5. The summed E-state index contributed by atoms with van der Waals surface area (Å²) < 4.78 is 18.5. The number of rotatable bonds is 10. The molecule has 5 nitrogen and oxygen atoms in total. The number of hydrogen-bond acceptors (Lipinski definition) is 4. The fraction of sp³-hybridized carbons (Fsp3) is 0.469. The van der Waals surface area contributed by atoms with Crippen LogP contribution in [0, 0.1) is 5.92 Å². The van der Waals surface area contributed by atoms with E-state index in [9.17, 15) is 4.79 Å². The second kappa shape index (κ2) is 12.3. The molecule has 1 unspecified atom stereocenters. The van der Waals surface area contributed by atoms with Crippen molar-refractivity contribution in [1.82, 2.24) is 4.90 Å². The number of carbonyl (C=O) groups is 1. The number of benzene rings is 2. The van der Waals surface area contributed by atoms with Gasteiger partial charge in [-0.15, -0.1) is 0 Å². The van der Waals surface area contributed by atoms with E-state index in [2.05, 4.69) is 88.4 Å². The summed E-state index contributed by atoms with van der Waals surface area (Å²) in [4.78, 5) is 14.6. The summed E-state index contributed by atoms with van der Waals surface area (Å²) in [5.74, 6) is 0.903. The molecule has 0 fully saturated rings. The first-order chi connectivity index (χ1) is 17.9. The van der Waals surface area contributed by atoms with Crippen molar-refractivity contribution in [3.05, 3.63) is 84.8 Å². The summed E-state index contributed by atoms with van der Waals surface area (Å²) in [5, 5.41) is 2.50. The van der Waals surface area contributed by atoms with E-state index in [0.29, 0.717) is 6.61 Å². The third kappa shape index (κ3) is 6.97. The van der Waals surface area contributed by atoms with Gasteiger partial charge in [0.1, 0.15) is 11.4 Å². The Kier molecular flexibility index (Phi) is 9.66. The molecule has 0 bridgehead atoms. The minimum Gasteiger partial charge on any atom is -0.467 e. The van der Waals surface area contributed by atoms with Gasteiger partial charge < -0.3 is 18.5 Å². The fourth-order valence-electron chi connectivity index (χ4n) is 5.31. The van der Waals surface area contributed by atoms with Crippen LogP contribution < -0.4 is 10.4 Å². The molecule has 0 saturated heterocycles. The molecule has 0 saturated carbocycles. The van der Waals surface area contributed by atoms with Gasteiger partial charge >= 0.3 is 6.09 Å². The van der Waals surface area contributed by atoms with Gasteiger partial charge in [-0.1, -0.05) is 88.4 Å². The molecule has 3 rings (SSSR count). The molecular weight excluding hydrogens is 490 g/mol. The Bertz CT molecular complexity index is 1080. The number of carbonyl (C=O) groups excluding carboxylic acids is 1. The molecule has 2 aromatic carbocycles. The smallest absolute Gasteiger partial charge is 0.410 e. The lowest BCUT2D eigenvalue weighted by Gasteiger charge is -2.43. The number of amides is 1. The van der Waals surface area contributed by atoms with E-state index in [1.165, 1.54) is 10.4 Å². The maximum Gasteiger partial charge on any atom is 0.410 e. The van der Waals surface area contributed by atoms with E-state index in [-0.39, 0.29) is 23.1 Å². The van der Waals surface area contributed by atoms with Gasteiger partial charge in [-0.3, -0.25) is 0 Å². The lowest BCUT2D eigenvalue weighted by atomic mass is 9.94. The average molecular weight is 536 g/mol. The van der Waals surface area contributed by atoms with Crippen molar-refractivity contribution >= 4 is 24.8 Å². The summed E-state index contributed by atoms with van der Waals surface area (Å²) in [7, 11) is -0.783. The van der Waals surface area contributed by atoms with Crippen molar-refractivity contribution in [2.24, 2.45) is 5.92 Å². The first kappa shape index (κ1) is 29.7. The van der Waals surface area contributed by atoms with E-state index in [1.54, 1.807) is 18.2 Å². The topological polar surface area (TPSA) is 51.9 Å². The number of ether oxygens (including phenoxy) is 1. The highest BCUT2D eigenvalue weighted by Crippen LogP contribution is 2.37. The van der Waals surface area contributed by atoms with Gasteiger partial charge in [0.15, 0.2) is 0 Å². The normalized spacial score (nSPS) is 14.1. The molecule has 6 heteroatoms. The Labute approximate surface area is 230 Å². The minimum absolute atomic E-state index is 0.0606. The van der Waals surface area contributed by atoms with Crippen LogP contribution in [0.15, 0.2) is 83.5 Å². The van der Waals surface area contributed by atoms with E-state index >= 15 is 0 Å². The van der Waals surface area contributed by atoms with Gasteiger partial charge in [-0.05, 0) is 67.1 Å². The molecule has 0 radical (unpaired) electrons. The molecular formula is C32H45NO4Si. The molecule has 0 spiro atoms.